The van der Waals surface area contributed by atoms with Crippen molar-refractivity contribution < 1.29 is 0 Å². The van der Waals surface area contributed by atoms with Crippen LogP contribution in [-0.4, -0.2) is 14.0 Å². The number of hydrogen-bond acceptors (Lipinski definition) is 0. The molecule has 0 aliphatic carbocycles. The predicted molar refractivity (Wildman–Crippen MR) is 53.0 cm³/mol. The molecule has 0 N–H and O–H groups in total. The summed E-state index contributed by atoms with van der Waals surface area (Å²) in [5, 5.41) is 0. The Hall–Kier alpha value is 0.797. The van der Waals surface area contributed by atoms with E-state index in [0.29, 0.717) is 0 Å². The Balaban J connectivity index is 2.77. The second-order valence-corrected chi connectivity index (χ2v) is 7.01. The Labute approximate surface area is 76.1 Å². The smallest absolute Gasteiger partial charge is 0.0908 e. The normalized spacial score (nSPS) is 12.0. The van der Waals surface area contributed by atoms with Crippen LogP contribution >= 0.6 is 23.2 Å². The van der Waals surface area contributed by atoms with Crippen molar-refractivity contribution in [1.82, 2.24) is 0 Å². The van der Waals surface area contributed by atoms with Gasteiger partial charge in [0.1, 0.15) is 0 Å². The number of alkyl halides is 2. The van der Waals surface area contributed by atoms with E-state index in [0.717, 1.165) is 0 Å². The van der Waals surface area contributed by atoms with Gasteiger partial charge in [-0.1, -0.05) is 38.7 Å². The zero-order chi connectivity index (χ0) is 7.82. The minimum atomic E-state index is -0.151. The van der Waals surface area contributed by atoms with Crippen LogP contribution in [0.1, 0.15) is 32.6 Å². The molecule has 0 aliphatic rings. The molecule has 0 heterocycles. The Morgan fingerprint density at radius 3 is 2.40 bits per heavy atom. The number of unbranched alkanes of at least 4 members (excludes halogenated alkanes) is 3. The van der Waals surface area contributed by atoms with E-state index in [4.69, 9.17) is 23.2 Å². The van der Waals surface area contributed by atoms with Crippen LogP contribution in [0.15, 0.2) is 0 Å². The lowest BCUT2D eigenvalue weighted by atomic mass is 10.2. The second-order valence-electron chi connectivity index (χ2n) is 2.59. The van der Waals surface area contributed by atoms with Crippen molar-refractivity contribution in [1.29, 1.82) is 0 Å². The van der Waals surface area contributed by atoms with Gasteiger partial charge in [0.15, 0.2) is 0 Å². The van der Waals surface area contributed by atoms with E-state index in [2.05, 4.69) is 6.92 Å². The number of rotatable bonds is 6. The fourth-order valence-electron chi connectivity index (χ4n) is 0.902. The Kier molecular flexibility index (Phi) is 8.53. The molecule has 0 fully saturated rings. The van der Waals surface area contributed by atoms with E-state index in [1.807, 2.05) is 0 Å². The first-order valence-corrected chi connectivity index (χ1v) is 6.74. The predicted octanol–water partition coefficient (Wildman–Crippen LogP) is 2.92. The van der Waals surface area contributed by atoms with Gasteiger partial charge >= 0.3 is 0 Å². The van der Waals surface area contributed by atoms with Crippen molar-refractivity contribution >= 4 is 32.7 Å². The van der Waals surface area contributed by atoms with Crippen LogP contribution in [0.3, 0.4) is 0 Å². The van der Waals surface area contributed by atoms with Gasteiger partial charge in [-0.25, -0.2) is 0 Å². The quantitative estimate of drug-likeness (QED) is 0.350. The zero-order valence-corrected chi connectivity index (χ0v) is 9.50. The van der Waals surface area contributed by atoms with Gasteiger partial charge in [-0.15, -0.1) is 23.2 Å². The molecule has 0 aromatic carbocycles. The summed E-state index contributed by atoms with van der Waals surface area (Å²) in [6, 6.07) is 1.32. The van der Waals surface area contributed by atoms with Crippen molar-refractivity contribution in [2.45, 2.75) is 43.1 Å². The summed E-state index contributed by atoms with van der Waals surface area (Å²) in [6.07, 6.45) is 5.39. The van der Waals surface area contributed by atoms with Gasteiger partial charge in [-0.3, -0.25) is 0 Å². The molecule has 10 heavy (non-hydrogen) atoms. The highest BCUT2D eigenvalue weighted by atomic mass is 35.5. The van der Waals surface area contributed by atoms with E-state index in [1.165, 1.54) is 31.7 Å². The van der Waals surface area contributed by atoms with Crippen molar-refractivity contribution in [3.05, 3.63) is 0 Å². The summed E-state index contributed by atoms with van der Waals surface area (Å²) in [7, 11) is -0.151. The summed E-state index contributed by atoms with van der Waals surface area (Å²) >= 11 is 11.2. The Bertz CT molecular complexity index is 66.6. The third kappa shape index (κ3) is 8.80. The third-order valence-electron chi connectivity index (χ3n) is 1.53. The highest BCUT2D eigenvalue weighted by Crippen LogP contribution is 2.07. The Morgan fingerprint density at radius 1 is 1.20 bits per heavy atom. The maximum Gasteiger partial charge on any atom is 0.0908 e. The van der Waals surface area contributed by atoms with Gasteiger partial charge in [0.2, 0.25) is 0 Å². The lowest BCUT2D eigenvalue weighted by Gasteiger charge is -1.98. The molecule has 0 atom stereocenters. The summed E-state index contributed by atoms with van der Waals surface area (Å²) in [6.45, 7) is 2.23. The van der Waals surface area contributed by atoms with Crippen molar-refractivity contribution in [2.75, 3.05) is 0 Å². The van der Waals surface area contributed by atoms with Gasteiger partial charge in [-0.05, 0) is 0 Å². The summed E-state index contributed by atoms with van der Waals surface area (Å²) < 4.78 is -0.0124. The minimum absolute atomic E-state index is 0.0124. The zero-order valence-electron chi connectivity index (χ0n) is 6.58. The van der Waals surface area contributed by atoms with E-state index in [-0.39, 0.29) is 14.0 Å². The van der Waals surface area contributed by atoms with Gasteiger partial charge in [0, 0.05) is 0 Å². The molecule has 0 bridgehead atoms. The Morgan fingerprint density at radius 2 is 1.90 bits per heavy atom. The van der Waals surface area contributed by atoms with Crippen LogP contribution in [0.4, 0.5) is 0 Å². The van der Waals surface area contributed by atoms with Crippen LogP contribution in [0.2, 0.25) is 6.04 Å². The third-order valence-corrected chi connectivity index (χ3v) is 4.18. The largest absolute Gasteiger partial charge is 0.110 e. The molecule has 3 heteroatoms. The molecular weight excluding hydrogens is 183 g/mol. The maximum atomic E-state index is 5.62. The fraction of sp³-hybridized carbons (Fsp3) is 1.00. The lowest BCUT2D eigenvalue weighted by Crippen LogP contribution is -1.99. The van der Waals surface area contributed by atoms with Crippen LogP contribution in [0.25, 0.3) is 0 Å². The van der Waals surface area contributed by atoms with Crippen molar-refractivity contribution in [3.63, 3.8) is 0 Å². The molecule has 0 aromatic heterocycles. The molecule has 0 aromatic rings. The number of halogens is 2. The van der Waals surface area contributed by atoms with Crippen molar-refractivity contribution in [2.24, 2.45) is 0 Å². The molecule has 0 amide bonds. The van der Waals surface area contributed by atoms with E-state index >= 15 is 0 Å². The monoisotopic (exact) mass is 198 g/mol. The molecule has 0 aliphatic heterocycles. The minimum Gasteiger partial charge on any atom is -0.110 e. The van der Waals surface area contributed by atoms with Crippen LogP contribution in [0, 0.1) is 0 Å². The lowest BCUT2D eigenvalue weighted by molar-refractivity contribution is 0.700. The average Bonchev–Trinajstić information content (AvgIpc) is 1.87. The summed E-state index contributed by atoms with van der Waals surface area (Å²) in [5.74, 6) is 0. The van der Waals surface area contributed by atoms with Gasteiger partial charge < -0.3 is 0 Å². The van der Waals surface area contributed by atoms with Crippen LogP contribution in [0.5, 0.6) is 0 Å². The highest BCUT2D eigenvalue weighted by molar-refractivity contribution is 6.68. The van der Waals surface area contributed by atoms with E-state index < -0.39 is 0 Å². The molecule has 62 valence electrons. The second kappa shape index (κ2) is 7.90. The molecule has 0 rings (SSSR count). The van der Waals surface area contributed by atoms with Crippen LogP contribution < -0.4 is 0 Å². The SMILES string of the molecule is CCCCCC[SiH2]C(Cl)Cl. The molecule has 0 unspecified atom stereocenters. The summed E-state index contributed by atoms with van der Waals surface area (Å²) in [5.41, 5.74) is 0. The van der Waals surface area contributed by atoms with Gasteiger partial charge in [0.05, 0.1) is 14.0 Å². The first kappa shape index (κ1) is 10.8. The van der Waals surface area contributed by atoms with E-state index in [1.54, 1.807) is 0 Å². The van der Waals surface area contributed by atoms with Gasteiger partial charge in [0.25, 0.3) is 0 Å². The summed E-state index contributed by atoms with van der Waals surface area (Å²) in [4.78, 5) is 0. The first-order valence-electron chi connectivity index (χ1n) is 4.05. The molecule has 0 saturated heterocycles. The molecule has 0 spiro atoms. The first-order chi connectivity index (χ1) is 4.77. The molecule has 0 radical (unpaired) electrons. The standard InChI is InChI=1S/C7H16Cl2Si/c1-2-3-4-5-6-10-7(8)9/h7H,2-6,10H2,1H3. The van der Waals surface area contributed by atoms with Crippen molar-refractivity contribution in [3.8, 4) is 0 Å². The van der Waals surface area contributed by atoms with Gasteiger partial charge in [-0.2, -0.15) is 0 Å². The number of hydrogen-bond donors (Lipinski definition) is 0. The van der Waals surface area contributed by atoms with E-state index in [9.17, 15) is 0 Å². The maximum absolute atomic E-state index is 5.62. The molecule has 0 saturated carbocycles. The average molecular weight is 199 g/mol. The van der Waals surface area contributed by atoms with Crippen LogP contribution in [-0.2, 0) is 0 Å². The molecule has 0 nitrogen and oxygen atoms in total. The molecular formula is C7H16Cl2Si. The fourth-order valence-corrected chi connectivity index (χ4v) is 2.78. The topological polar surface area (TPSA) is 0 Å². The highest BCUT2D eigenvalue weighted by Gasteiger charge is 1.97.